The Kier molecular flexibility index (Phi) is 5.05. The van der Waals surface area contributed by atoms with Crippen molar-refractivity contribution in [3.05, 3.63) is 40.4 Å². The molecule has 5 nitrogen and oxygen atoms in total. The normalized spacial score (nSPS) is 10.8. The first kappa shape index (κ1) is 15.2. The van der Waals surface area contributed by atoms with Crippen molar-refractivity contribution in [1.82, 2.24) is 10.2 Å². The topological polar surface area (TPSA) is 64.1 Å². The maximum atomic E-state index is 11.9. The summed E-state index contributed by atoms with van der Waals surface area (Å²) in [7, 11) is 1.61. The molecule has 0 saturated carbocycles. The summed E-state index contributed by atoms with van der Waals surface area (Å²) in [6.07, 6.45) is 4.00. The Morgan fingerprint density at radius 3 is 2.90 bits per heavy atom. The first-order valence-electron chi connectivity index (χ1n) is 6.58. The molecule has 2 aromatic rings. The number of nitrogens with zero attached hydrogens (tertiary/aromatic N) is 2. The summed E-state index contributed by atoms with van der Waals surface area (Å²) < 4.78 is 5.27. The van der Waals surface area contributed by atoms with E-state index in [2.05, 4.69) is 15.5 Å². The van der Waals surface area contributed by atoms with Gasteiger partial charge in [0.15, 0.2) is 0 Å². The van der Waals surface area contributed by atoms with Crippen molar-refractivity contribution in [2.75, 3.05) is 12.4 Å². The molecule has 0 aliphatic carbocycles. The van der Waals surface area contributed by atoms with Gasteiger partial charge in [-0.15, -0.1) is 10.2 Å². The lowest BCUT2D eigenvalue weighted by Gasteiger charge is -2.05. The molecular weight excluding hydrogens is 286 g/mol. The van der Waals surface area contributed by atoms with E-state index >= 15 is 0 Å². The predicted octanol–water partition coefficient (Wildman–Crippen LogP) is 3.07. The van der Waals surface area contributed by atoms with Crippen molar-refractivity contribution >= 4 is 28.5 Å². The van der Waals surface area contributed by atoms with Crippen LogP contribution in [0.1, 0.15) is 23.1 Å². The van der Waals surface area contributed by atoms with Crippen LogP contribution in [0.15, 0.2) is 24.3 Å². The van der Waals surface area contributed by atoms with Crippen LogP contribution in [-0.4, -0.2) is 23.2 Å². The molecule has 1 aromatic carbocycles. The standard InChI is InChI=1S/C15H17N3O2S/c1-4-14-17-18-15(21-14)16-13(19)8-6-11-9-10(2)5-7-12(11)20-3/h5-9H,4H2,1-3H3,(H,16,18,19)/b8-6+. The summed E-state index contributed by atoms with van der Waals surface area (Å²) in [5.41, 5.74) is 1.96. The SMILES string of the molecule is CCc1nnc(NC(=O)/C=C/c2cc(C)ccc2OC)s1. The van der Waals surface area contributed by atoms with E-state index in [1.165, 1.54) is 17.4 Å². The predicted molar refractivity (Wildman–Crippen MR) is 84.7 cm³/mol. The van der Waals surface area contributed by atoms with Crippen LogP contribution in [0.2, 0.25) is 0 Å². The molecule has 6 heteroatoms. The van der Waals surface area contributed by atoms with Gasteiger partial charge in [-0.1, -0.05) is 29.9 Å². The Hall–Kier alpha value is -2.21. The molecular formula is C15H17N3O2S. The summed E-state index contributed by atoms with van der Waals surface area (Å²) in [6, 6.07) is 5.80. The number of rotatable bonds is 5. The highest BCUT2D eigenvalue weighted by molar-refractivity contribution is 7.15. The van der Waals surface area contributed by atoms with Gasteiger partial charge in [-0.05, 0) is 31.6 Å². The number of hydrogen-bond donors (Lipinski definition) is 1. The van der Waals surface area contributed by atoms with Crippen LogP contribution in [0, 0.1) is 6.92 Å². The van der Waals surface area contributed by atoms with Crippen molar-refractivity contribution in [3.8, 4) is 5.75 Å². The number of aromatic nitrogens is 2. The van der Waals surface area contributed by atoms with Gasteiger partial charge in [0.1, 0.15) is 10.8 Å². The maximum Gasteiger partial charge on any atom is 0.250 e. The molecule has 1 N–H and O–H groups in total. The van der Waals surface area contributed by atoms with Gasteiger partial charge in [0.05, 0.1) is 7.11 Å². The number of aryl methyl sites for hydroxylation is 2. The number of amides is 1. The maximum absolute atomic E-state index is 11.9. The van der Waals surface area contributed by atoms with Gasteiger partial charge in [-0.25, -0.2) is 0 Å². The lowest BCUT2D eigenvalue weighted by atomic mass is 10.1. The molecule has 0 aliphatic heterocycles. The number of methoxy groups -OCH3 is 1. The quantitative estimate of drug-likeness (QED) is 0.862. The highest BCUT2D eigenvalue weighted by atomic mass is 32.1. The molecule has 0 bridgehead atoms. The molecule has 2 rings (SSSR count). The van der Waals surface area contributed by atoms with Gasteiger partial charge in [-0.2, -0.15) is 0 Å². The number of carbonyl (C=O) groups is 1. The van der Waals surface area contributed by atoms with Crippen molar-refractivity contribution in [2.45, 2.75) is 20.3 Å². The Morgan fingerprint density at radius 2 is 2.24 bits per heavy atom. The Labute approximate surface area is 127 Å². The minimum atomic E-state index is -0.239. The summed E-state index contributed by atoms with van der Waals surface area (Å²) in [4.78, 5) is 11.9. The zero-order valence-electron chi connectivity index (χ0n) is 12.2. The van der Waals surface area contributed by atoms with Crippen LogP contribution < -0.4 is 10.1 Å². The van der Waals surface area contributed by atoms with E-state index < -0.39 is 0 Å². The van der Waals surface area contributed by atoms with Crippen LogP contribution >= 0.6 is 11.3 Å². The second-order valence-corrected chi connectivity index (χ2v) is 5.48. The third kappa shape index (κ3) is 4.13. The minimum absolute atomic E-state index is 0.239. The number of ether oxygens (including phenoxy) is 1. The number of carbonyl (C=O) groups excluding carboxylic acids is 1. The van der Waals surface area contributed by atoms with E-state index in [-0.39, 0.29) is 5.91 Å². The number of anilines is 1. The van der Waals surface area contributed by atoms with Crippen LogP contribution in [0.25, 0.3) is 6.08 Å². The van der Waals surface area contributed by atoms with E-state index in [4.69, 9.17) is 4.74 Å². The van der Waals surface area contributed by atoms with Gasteiger partial charge in [0.2, 0.25) is 11.0 Å². The van der Waals surface area contributed by atoms with Gasteiger partial charge < -0.3 is 4.74 Å². The van der Waals surface area contributed by atoms with Gasteiger partial charge >= 0.3 is 0 Å². The van der Waals surface area contributed by atoms with E-state index in [0.717, 1.165) is 28.3 Å². The minimum Gasteiger partial charge on any atom is -0.496 e. The molecule has 110 valence electrons. The third-order valence-electron chi connectivity index (χ3n) is 2.80. The average molecular weight is 303 g/mol. The van der Waals surface area contributed by atoms with Gasteiger partial charge in [0, 0.05) is 11.6 Å². The molecule has 0 radical (unpaired) electrons. The fraction of sp³-hybridized carbons (Fsp3) is 0.267. The molecule has 0 unspecified atom stereocenters. The molecule has 21 heavy (non-hydrogen) atoms. The van der Waals surface area contributed by atoms with E-state index in [0.29, 0.717) is 5.13 Å². The number of benzene rings is 1. The zero-order chi connectivity index (χ0) is 15.2. The molecule has 0 spiro atoms. The Morgan fingerprint density at radius 1 is 1.43 bits per heavy atom. The van der Waals surface area contributed by atoms with Crippen molar-refractivity contribution in [3.63, 3.8) is 0 Å². The first-order chi connectivity index (χ1) is 10.1. The van der Waals surface area contributed by atoms with E-state index in [1.54, 1.807) is 13.2 Å². The fourth-order valence-electron chi connectivity index (χ4n) is 1.74. The molecule has 0 fully saturated rings. The van der Waals surface area contributed by atoms with Crippen molar-refractivity contribution in [2.24, 2.45) is 0 Å². The van der Waals surface area contributed by atoms with Gasteiger partial charge in [0.25, 0.3) is 0 Å². The smallest absolute Gasteiger partial charge is 0.250 e. The molecule has 1 aromatic heterocycles. The van der Waals surface area contributed by atoms with Crippen LogP contribution in [0.3, 0.4) is 0 Å². The summed E-state index contributed by atoms with van der Waals surface area (Å²) in [5.74, 6) is 0.492. The highest BCUT2D eigenvalue weighted by Gasteiger charge is 2.05. The fourth-order valence-corrected chi connectivity index (χ4v) is 2.43. The summed E-state index contributed by atoms with van der Waals surface area (Å²) >= 11 is 1.38. The monoisotopic (exact) mass is 303 g/mol. The average Bonchev–Trinajstić information content (AvgIpc) is 2.93. The lowest BCUT2D eigenvalue weighted by Crippen LogP contribution is -2.07. The van der Waals surface area contributed by atoms with Crippen LogP contribution in [0.5, 0.6) is 5.75 Å². The second-order valence-electron chi connectivity index (χ2n) is 4.42. The number of hydrogen-bond acceptors (Lipinski definition) is 5. The van der Waals surface area contributed by atoms with Crippen molar-refractivity contribution in [1.29, 1.82) is 0 Å². The Bertz CT molecular complexity index is 665. The second kappa shape index (κ2) is 6.99. The van der Waals surface area contributed by atoms with E-state index in [1.807, 2.05) is 32.0 Å². The molecule has 1 heterocycles. The largest absolute Gasteiger partial charge is 0.496 e. The van der Waals surface area contributed by atoms with Crippen molar-refractivity contribution < 1.29 is 9.53 Å². The third-order valence-corrected chi connectivity index (χ3v) is 3.78. The Balaban J connectivity index is 2.06. The lowest BCUT2D eigenvalue weighted by molar-refractivity contribution is -0.111. The first-order valence-corrected chi connectivity index (χ1v) is 7.40. The molecule has 0 saturated heterocycles. The molecule has 0 atom stereocenters. The van der Waals surface area contributed by atoms with E-state index in [9.17, 15) is 4.79 Å². The number of nitrogens with one attached hydrogen (secondary N) is 1. The van der Waals surface area contributed by atoms with Gasteiger partial charge in [-0.3, -0.25) is 10.1 Å². The highest BCUT2D eigenvalue weighted by Crippen LogP contribution is 2.21. The molecule has 1 amide bonds. The summed E-state index contributed by atoms with van der Waals surface area (Å²) in [5, 5.41) is 12.0. The van der Waals surface area contributed by atoms with Crippen LogP contribution in [0.4, 0.5) is 5.13 Å². The summed E-state index contributed by atoms with van der Waals surface area (Å²) in [6.45, 7) is 3.99. The molecule has 0 aliphatic rings. The zero-order valence-corrected chi connectivity index (χ0v) is 13.0. The van der Waals surface area contributed by atoms with Crippen LogP contribution in [-0.2, 0) is 11.2 Å².